The van der Waals surface area contributed by atoms with E-state index in [1.165, 1.54) is 0 Å². The zero-order valence-electron chi connectivity index (χ0n) is 7.73. The van der Waals surface area contributed by atoms with Crippen molar-refractivity contribution in [3.63, 3.8) is 0 Å². The molecule has 0 atom stereocenters. The average Bonchev–Trinajstić information content (AvgIpc) is 2.21. The maximum Gasteiger partial charge on any atom is 0.130 e. The second-order valence-electron chi connectivity index (χ2n) is 2.72. The summed E-state index contributed by atoms with van der Waals surface area (Å²) in [4.78, 5) is 0. The van der Waals surface area contributed by atoms with Crippen LogP contribution in [0.1, 0.15) is 18.9 Å². The number of rotatable bonds is 4. The minimum Gasteiger partial charge on any atom is -0.512 e. The highest BCUT2D eigenvalue weighted by Gasteiger charge is 1.95. The molecule has 70 valence electrons. The fraction of sp³-hybridized carbons (Fsp3) is 0.273. The van der Waals surface area contributed by atoms with Crippen molar-refractivity contribution < 1.29 is 9.84 Å². The standard InChI is InChI=1S/C11H14O2/c1-2-11(8-12)13-9-10-6-4-3-5-7-10/h3-8,12H,2,9H2,1H3. The Morgan fingerprint density at radius 2 is 2.08 bits per heavy atom. The SMILES string of the molecule is CCC(=CO)OCc1ccccc1. The van der Waals surface area contributed by atoms with Crippen LogP contribution in [0.15, 0.2) is 42.4 Å². The maximum atomic E-state index is 8.72. The monoisotopic (exact) mass is 178 g/mol. The Morgan fingerprint density at radius 3 is 2.62 bits per heavy atom. The molecule has 0 aliphatic carbocycles. The number of aliphatic hydroxyl groups excluding tert-OH is 1. The first kappa shape index (κ1) is 9.65. The summed E-state index contributed by atoms with van der Waals surface area (Å²) in [6.07, 6.45) is 1.73. The van der Waals surface area contributed by atoms with Crippen molar-refractivity contribution in [2.24, 2.45) is 0 Å². The van der Waals surface area contributed by atoms with Gasteiger partial charge in [-0.1, -0.05) is 37.3 Å². The highest BCUT2D eigenvalue weighted by Crippen LogP contribution is 2.07. The summed E-state index contributed by atoms with van der Waals surface area (Å²) in [5.41, 5.74) is 1.11. The Labute approximate surface area is 78.5 Å². The van der Waals surface area contributed by atoms with E-state index >= 15 is 0 Å². The van der Waals surface area contributed by atoms with Crippen LogP contribution in [0.5, 0.6) is 0 Å². The molecule has 0 saturated carbocycles. The van der Waals surface area contributed by atoms with Crippen molar-refractivity contribution >= 4 is 0 Å². The van der Waals surface area contributed by atoms with E-state index in [1.54, 1.807) is 0 Å². The highest BCUT2D eigenvalue weighted by molar-refractivity contribution is 5.13. The Hall–Kier alpha value is -1.44. The molecule has 1 N–H and O–H groups in total. The summed E-state index contributed by atoms with van der Waals surface area (Å²) in [7, 11) is 0. The predicted octanol–water partition coefficient (Wildman–Crippen LogP) is 3.01. The molecule has 0 aliphatic heterocycles. The van der Waals surface area contributed by atoms with E-state index in [0.29, 0.717) is 18.8 Å². The molecule has 0 unspecified atom stereocenters. The lowest BCUT2D eigenvalue weighted by Crippen LogP contribution is -1.92. The summed E-state index contributed by atoms with van der Waals surface area (Å²) < 4.78 is 5.34. The highest BCUT2D eigenvalue weighted by atomic mass is 16.5. The molecule has 0 fully saturated rings. The number of hydrogen-bond acceptors (Lipinski definition) is 2. The summed E-state index contributed by atoms with van der Waals surface area (Å²) in [6, 6.07) is 9.88. The largest absolute Gasteiger partial charge is 0.512 e. The van der Waals surface area contributed by atoms with E-state index in [4.69, 9.17) is 9.84 Å². The van der Waals surface area contributed by atoms with Gasteiger partial charge in [0.05, 0.1) is 0 Å². The minimum atomic E-state index is 0.515. The third-order valence-corrected chi connectivity index (χ3v) is 1.76. The Balaban J connectivity index is 2.43. The van der Waals surface area contributed by atoms with Gasteiger partial charge in [-0.05, 0) is 5.56 Å². The molecule has 1 aromatic rings. The second kappa shape index (κ2) is 5.25. The van der Waals surface area contributed by atoms with Gasteiger partial charge in [0, 0.05) is 6.42 Å². The van der Waals surface area contributed by atoms with Gasteiger partial charge in [-0.15, -0.1) is 0 Å². The first-order valence-corrected chi connectivity index (χ1v) is 4.36. The first-order chi connectivity index (χ1) is 6.36. The van der Waals surface area contributed by atoms with Crippen LogP contribution in [0.25, 0.3) is 0 Å². The van der Waals surface area contributed by atoms with Gasteiger partial charge in [0.1, 0.15) is 18.6 Å². The van der Waals surface area contributed by atoms with E-state index in [1.807, 2.05) is 37.3 Å². The first-order valence-electron chi connectivity index (χ1n) is 4.36. The van der Waals surface area contributed by atoms with Gasteiger partial charge in [0.2, 0.25) is 0 Å². The number of allylic oxidation sites excluding steroid dienone is 1. The number of aliphatic hydroxyl groups is 1. The minimum absolute atomic E-state index is 0.515. The average molecular weight is 178 g/mol. The molecule has 0 spiro atoms. The summed E-state index contributed by atoms with van der Waals surface area (Å²) in [6.45, 7) is 2.45. The molecular weight excluding hydrogens is 164 g/mol. The number of benzene rings is 1. The Kier molecular flexibility index (Phi) is 3.89. The van der Waals surface area contributed by atoms with Gasteiger partial charge < -0.3 is 9.84 Å². The molecule has 0 amide bonds. The van der Waals surface area contributed by atoms with Crippen molar-refractivity contribution in [1.82, 2.24) is 0 Å². The van der Waals surface area contributed by atoms with Crippen molar-refractivity contribution in [2.75, 3.05) is 0 Å². The molecule has 0 saturated heterocycles. The van der Waals surface area contributed by atoms with E-state index in [2.05, 4.69) is 0 Å². The lowest BCUT2D eigenvalue weighted by molar-refractivity contribution is 0.180. The van der Waals surface area contributed by atoms with E-state index in [9.17, 15) is 0 Å². The van der Waals surface area contributed by atoms with Crippen molar-refractivity contribution in [3.8, 4) is 0 Å². The van der Waals surface area contributed by atoms with Gasteiger partial charge >= 0.3 is 0 Å². The van der Waals surface area contributed by atoms with E-state index in [-0.39, 0.29) is 0 Å². The zero-order chi connectivity index (χ0) is 9.52. The van der Waals surface area contributed by atoms with Crippen LogP contribution in [0.3, 0.4) is 0 Å². The Bertz CT molecular complexity index is 265. The lowest BCUT2D eigenvalue weighted by atomic mass is 10.2. The fourth-order valence-corrected chi connectivity index (χ4v) is 0.981. The smallest absolute Gasteiger partial charge is 0.130 e. The van der Waals surface area contributed by atoms with Crippen molar-refractivity contribution in [3.05, 3.63) is 47.9 Å². The van der Waals surface area contributed by atoms with Gasteiger partial charge in [-0.3, -0.25) is 0 Å². The van der Waals surface area contributed by atoms with E-state index in [0.717, 1.165) is 11.8 Å². The molecule has 13 heavy (non-hydrogen) atoms. The van der Waals surface area contributed by atoms with Crippen LogP contribution in [0.2, 0.25) is 0 Å². The van der Waals surface area contributed by atoms with Crippen LogP contribution < -0.4 is 0 Å². The number of hydrogen-bond donors (Lipinski definition) is 1. The van der Waals surface area contributed by atoms with Gasteiger partial charge in [-0.25, -0.2) is 0 Å². The molecule has 0 aromatic heterocycles. The topological polar surface area (TPSA) is 29.5 Å². The molecular formula is C11H14O2. The summed E-state index contributed by atoms with van der Waals surface area (Å²) in [5.74, 6) is 0.615. The Morgan fingerprint density at radius 1 is 1.38 bits per heavy atom. The summed E-state index contributed by atoms with van der Waals surface area (Å²) in [5, 5.41) is 8.72. The second-order valence-corrected chi connectivity index (χ2v) is 2.72. The van der Waals surface area contributed by atoms with E-state index < -0.39 is 0 Å². The number of ether oxygens (including phenoxy) is 1. The molecule has 2 nitrogen and oxygen atoms in total. The normalized spacial score (nSPS) is 11.3. The van der Waals surface area contributed by atoms with Crippen molar-refractivity contribution in [1.29, 1.82) is 0 Å². The lowest BCUT2D eigenvalue weighted by Gasteiger charge is -2.06. The molecule has 0 aliphatic rings. The van der Waals surface area contributed by atoms with Crippen LogP contribution in [-0.4, -0.2) is 5.11 Å². The molecule has 1 aromatic carbocycles. The van der Waals surface area contributed by atoms with Gasteiger partial charge in [0.25, 0.3) is 0 Å². The van der Waals surface area contributed by atoms with Crippen molar-refractivity contribution in [2.45, 2.75) is 20.0 Å². The third-order valence-electron chi connectivity index (χ3n) is 1.76. The third kappa shape index (κ3) is 3.20. The molecule has 0 heterocycles. The molecule has 0 radical (unpaired) electrons. The summed E-state index contributed by atoms with van der Waals surface area (Å²) >= 11 is 0. The fourth-order valence-electron chi connectivity index (χ4n) is 0.981. The molecule has 0 bridgehead atoms. The molecule has 1 rings (SSSR count). The van der Waals surface area contributed by atoms with Crippen LogP contribution in [0, 0.1) is 0 Å². The molecule has 2 heteroatoms. The quantitative estimate of drug-likeness (QED) is 0.718. The van der Waals surface area contributed by atoms with Crippen LogP contribution >= 0.6 is 0 Å². The van der Waals surface area contributed by atoms with Crippen LogP contribution in [0.4, 0.5) is 0 Å². The maximum absolute atomic E-state index is 8.72. The van der Waals surface area contributed by atoms with Gasteiger partial charge in [-0.2, -0.15) is 0 Å². The zero-order valence-corrected chi connectivity index (χ0v) is 7.73. The van der Waals surface area contributed by atoms with Gasteiger partial charge in [0.15, 0.2) is 0 Å². The van der Waals surface area contributed by atoms with Crippen LogP contribution in [-0.2, 0) is 11.3 Å². The predicted molar refractivity (Wildman–Crippen MR) is 52.2 cm³/mol.